The standard InChI is InChI=1S/C24H28P2/c1-16(2)26(17(3)4)22-15-13-19-11-10-18-12-14-21(24(22)23(18)19)25-20-8-6-5-7-9-20/h5-9,12-17,25H,10-11H2,1-4H3. The lowest BCUT2D eigenvalue weighted by atomic mass is 10.1. The Bertz CT molecular complexity index is 908. The lowest BCUT2D eigenvalue weighted by molar-refractivity contribution is 1.02. The maximum absolute atomic E-state index is 2.48. The average Bonchev–Trinajstić information content (AvgIpc) is 3.03. The molecule has 4 rings (SSSR count). The first-order valence-electron chi connectivity index (χ1n) is 9.74. The molecule has 0 spiro atoms. The first-order valence-corrected chi connectivity index (χ1v) is 12.2. The van der Waals surface area contributed by atoms with E-state index >= 15 is 0 Å². The molecule has 0 aromatic heterocycles. The van der Waals surface area contributed by atoms with E-state index in [1.54, 1.807) is 32.5 Å². The molecule has 0 amide bonds. The molecule has 0 nitrogen and oxygen atoms in total. The fourth-order valence-electron chi connectivity index (χ4n) is 4.46. The average molecular weight is 378 g/mol. The van der Waals surface area contributed by atoms with Crippen LogP contribution in [0.15, 0.2) is 54.6 Å². The van der Waals surface area contributed by atoms with Gasteiger partial charge >= 0.3 is 0 Å². The van der Waals surface area contributed by atoms with E-state index in [0.717, 1.165) is 19.9 Å². The van der Waals surface area contributed by atoms with E-state index in [4.69, 9.17) is 0 Å². The molecule has 26 heavy (non-hydrogen) atoms. The van der Waals surface area contributed by atoms with Crippen molar-refractivity contribution in [3.05, 3.63) is 65.7 Å². The van der Waals surface area contributed by atoms with Crippen LogP contribution >= 0.6 is 16.5 Å². The molecule has 0 fully saturated rings. The van der Waals surface area contributed by atoms with Crippen molar-refractivity contribution < 1.29 is 0 Å². The van der Waals surface area contributed by atoms with Crippen LogP contribution in [-0.4, -0.2) is 11.3 Å². The van der Waals surface area contributed by atoms with Gasteiger partial charge in [-0.15, -0.1) is 0 Å². The van der Waals surface area contributed by atoms with Crippen molar-refractivity contribution in [2.24, 2.45) is 0 Å². The minimum atomic E-state index is -0.157. The van der Waals surface area contributed by atoms with E-state index in [-0.39, 0.29) is 7.92 Å². The third kappa shape index (κ3) is 3.24. The summed E-state index contributed by atoms with van der Waals surface area (Å²) in [5, 5.41) is 7.83. The highest BCUT2D eigenvalue weighted by atomic mass is 31.1. The molecule has 1 aliphatic carbocycles. The number of hydrogen-bond acceptors (Lipinski definition) is 0. The predicted octanol–water partition coefficient (Wildman–Crippen LogP) is 5.49. The van der Waals surface area contributed by atoms with E-state index in [2.05, 4.69) is 82.3 Å². The third-order valence-corrected chi connectivity index (χ3v) is 9.88. The summed E-state index contributed by atoms with van der Waals surface area (Å²) in [6.07, 6.45) is 2.43. The number of aryl methyl sites for hydroxylation is 2. The van der Waals surface area contributed by atoms with Crippen molar-refractivity contribution >= 4 is 43.2 Å². The van der Waals surface area contributed by atoms with E-state index in [0.29, 0.717) is 0 Å². The number of hydrogen-bond donors (Lipinski definition) is 0. The maximum atomic E-state index is 2.48. The minimum Gasteiger partial charge on any atom is -0.0694 e. The molecule has 1 aliphatic rings. The SMILES string of the molecule is CC(C)P(c1ccc2c3c(ccc(Pc4ccccc4)c13)CC2)C(C)C. The highest BCUT2D eigenvalue weighted by Gasteiger charge is 2.25. The van der Waals surface area contributed by atoms with Crippen LogP contribution < -0.4 is 15.9 Å². The molecule has 1 unspecified atom stereocenters. The summed E-state index contributed by atoms with van der Waals surface area (Å²) in [4.78, 5) is 0. The Morgan fingerprint density at radius 3 is 1.96 bits per heavy atom. The summed E-state index contributed by atoms with van der Waals surface area (Å²) in [6.45, 7) is 9.64. The minimum absolute atomic E-state index is 0.157. The molecule has 1 atom stereocenters. The smallest absolute Gasteiger partial charge is 0.00235 e. The molecule has 0 saturated carbocycles. The molecule has 0 bridgehead atoms. The topological polar surface area (TPSA) is 0 Å². The van der Waals surface area contributed by atoms with Crippen LogP contribution in [0.2, 0.25) is 0 Å². The normalized spacial score (nSPS) is 14.0. The van der Waals surface area contributed by atoms with E-state index < -0.39 is 0 Å². The molecule has 0 radical (unpaired) electrons. The summed E-state index contributed by atoms with van der Waals surface area (Å²) in [5.41, 5.74) is 4.58. The summed E-state index contributed by atoms with van der Waals surface area (Å²) in [6, 6.07) is 20.7. The Kier molecular flexibility index (Phi) is 5.18. The molecule has 0 saturated heterocycles. The predicted molar refractivity (Wildman–Crippen MR) is 122 cm³/mol. The molecule has 3 aromatic rings. The second-order valence-electron chi connectivity index (χ2n) is 7.85. The second kappa shape index (κ2) is 7.42. The molecular weight excluding hydrogens is 350 g/mol. The van der Waals surface area contributed by atoms with Gasteiger partial charge in [0.05, 0.1) is 0 Å². The van der Waals surface area contributed by atoms with Crippen LogP contribution in [0, 0.1) is 0 Å². The van der Waals surface area contributed by atoms with Crippen molar-refractivity contribution in [1.82, 2.24) is 0 Å². The van der Waals surface area contributed by atoms with Crippen LogP contribution in [-0.2, 0) is 12.8 Å². The van der Waals surface area contributed by atoms with Crippen LogP contribution in [0.4, 0.5) is 0 Å². The first-order chi connectivity index (χ1) is 12.6. The lowest BCUT2D eigenvalue weighted by Crippen LogP contribution is -2.20. The van der Waals surface area contributed by atoms with Gasteiger partial charge in [-0.2, -0.15) is 0 Å². The van der Waals surface area contributed by atoms with E-state index in [9.17, 15) is 0 Å². The van der Waals surface area contributed by atoms with Gasteiger partial charge in [-0.25, -0.2) is 0 Å². The first kappa shape index (κ1) is 18.2. The third-order valence-electron chi connectivity index (χ3n) is 5.42. The maximum Gasteiger partial charge on any atom is -0.00235 e. The lowest BCUT2D eigenvalue weighted by Gasteiger charge is -2.28. The molecule has 3 aromatic carbocycles. The molecular formula is C24H28P2. The van der Waals surface area contributed by atoms with Gasteiger partial charge in [-0.3, -0.25) is 0 Å². The van der Waals surface area contributed by atoms with E-state index in [1.165, 1.54) is 18.1 Å². The van der Waals surface area contributed by atoms with Crippen molar-refractivity contribution in [1.29, 1.82) is 0 Å². The number of benzene rings is 3. The molecule has 2 heteroatoms. The monoisotopic (exact) mass is 378 g/mol. The second-order valence-corrected chi connectivity index (χ2v) is 12.6. The van der Waals surface area contributed by atoms with Crippen LogP contribution in [0.3, 0.4) is 0 Å². The van der Waals surface area contributed by atoms with E-state index in [1.807, 2.05) is 0 Å². The number of rotatable bonds is 5. The van der Waals surface area contributed by atoms with Gasteiger partial charge in [0.25, 0.3) is 0 Å². The molecule has 0 N–H and O–H groups in total. The van der Waals surface area contributed by atoms with Crippen LogP contribution in [0.5, 0.6) is 0 Å². The Hall–Kier alpha value is -1.22. The molecule has 0 heterocycles. The van der Waals surface area contributed by atoms with Gasteiger partial charge in [0.15, 0.2) is 0 Å². The van der Waals surface area contributed by atoms with Crippen molar-refractivity contribution in [2.45, 2.75) is 51.9 Å². The zero-order valence-electron chi connectivity index (χ0n) is 16.2. The molecule has 134 valence electrons. The highest BCUT2D eigenvalue weighted by molar-refractivity contribution is 7.67. The Morgan fingerprint density at radius 1 is 0.731 bits per heavy atom. The van der Waals surface area contributed by atoms with Crippen molar-refractivity contribution in [3.8, 4) is 0 Å². The zero-order chi connectivity index (χ0) is 18.3. The van der Waals surface area contributed by atoms with Gasteiger partial charge in [0, 0.05) is 0 Å². The Labute approximate surface area is 160 Å². The van der Waals surface area contributed by atoms with Gasteiger partial charge in [0.2, 0.25) is 0 Å². The largest absolute Gasteiger partial charge is 0.0694 e. The van der Waals surface area contributed by atoms with Crippen molar-refractivity contribution in [3.63, 3.8) is 0 Å². The van der Waals surface area contributed by atoms with Gasteiger partial charge < -0.3 is 0 Å². The van der Waals surface area contributed by atoms with Gasteiger partial charge in [-0.05, 0) is 62.0 Å². The van der Waals surface area contributed by atoms with Crippen LogP contribution in [0.25, 0.3) is 10.8 Å². The zero-order valence-corrected chi connectivity index (χ0v) is 18.1. The van der Waals surface area contributed by atoms with Gasteiger partial charge in [-0.1, -0.05) is 98.8 Å². The summed E-state index contributed by atoms with van der Waals surface area (Å²) in [7, 11) is 0.581. The highest BCUT2D eigenvalue weighted by Crippen LogP contribution is 2.47. The summed E-state index contributed by atoms with van der Waals surface area (Å²) < 4.78 is 0. The fourth-order valence-corrected chi connectivity index (χ4v) is 8.83. The fraction of sp³-hybridized carbons (Fsp3) is 0.333. The summed E-state index contributed by atoms with van der Waals surface area (Å²) >= 11 is 0. The summed E-state index contributed by atoms with van der Waals surface area (Å²) in [5.74, 6) is 0. The van der Waals surface area contributed by atoms with Crippen LogP contribution in [0.1, 0.15) is 38.8 Å². The Balaban J connectivity index is 1.95. The quantitative estimate of drug-likeness (QED) is 0.515. The Morgan fingerprint density at radius 2 is 1.35 bits per heavy atom. The van der Waals surface area contributed by atoms with Gasteiger partial charge in [0.1, 0.15) is 0 Å². The molecule has 0 aliphatic heterocycles. The van der Waals surface area contributed by atoms with Crippen molar-refractivity contribution in [2.75, 3.05) is 0 Å².